The summed E-state index contributed by atoms with van der Waals surface area (Å²) in [6, 6.07) is 0.767. The summed E-state index contributed by atoms with van der Waals surface area (Å²) in [5.74, 6) is 1.99. The van der Waals surface area contributed by atoms with Gasteiger partial charge in [-0.2, -0.15) is 5.06 Å². The summed E-state index contributed by atoms with van der Waals surface area (Å²) in [6.07, 6.45) is 9.97. The summed E-state index contributed by atoms with van der Waals surface area (Å²) in [5.41, 5.74) is 0. The predicted octanol–water partition coefficient (Wildman–Crippen LogP) is 2.59. The average Bonchev–Trinajstić information content (AvgIpc) is 2.26. The monoisotopic (exact) mass is 195 g/mol. The van der Waals surface area contributed by atoms with Crippen LogP contribution in [-0.4, -0.2) is 24.3 Å². The third-order valence-electron chi connectivity index (χ3n) is 4.40. The van der Waals surface area contributed by atoms with Gasteiger partial charge in [0.15, 0.2) is 0 Å². The van der Waals surface area contributed by atoms with Crippen LogP contribution in [0.15, 0.2) is 0 Å². The molecule has 1 aliphatic carbocycles. The second-order valence-corrected chi connectivity index (χ2v) is 5.27. The van der Waals surface area contributed by atoms with Gasteiger partial charge in [0.25, 0.3) is 0 Å². The fourth-order valence-corrected chi connectivity index (χ4v) is 3.60. The molecule has 14 heavy (non-hydrogen) atoms. The molecule has 2 nitrogen and oxygen atoms in total. The molecule has 2 saturated heterocycles. The molecule has 3 aliphatic rings. The molecule has 3 rings (SSSR count). The number of piperidine rings is 1. The molecular formula is C12H21NO. The van der Waals surface area contributed by atoms with Gasteiger partial charge in [-0.3, -0.25) is 4.84 Å². The number of nitrogens with zero attached hydrogens (tertiary/aromatic N) is 1. The highest BCUT2D eigenvalue weighted by Crippen LogP contribution is 2.40. The van der Waals surface area contributed by atoms with E-state index >= 15 is 0 Å². The Kier molecular flexibility index (Phi) is 2.50. The SMILES string of the molecule is C1CCC2CN3OCCCC3CC2C1. The first-order valence-corrected chi connectivity index (χ1v) is 6.33. The fraction of sp³-hybridized carbons (Fsp3) is 1.00. The Labute approximate surface area is 86.6 Å². The van der Waals surface area contributed by atoms with Gasteiger partial charge in [0.2, 0.25) is 0 Å². The molecule has 0 N–H and O–H groups in total. The first-order chi connectivity index (χ1) is 6.93. The van der Waals surface area contributed by atoms with E-state index in [0.29, 0.717) is 0 Å². The zero-order valence-corrected chi connectivity index (χ0v) is 8.95. The van der Waals surface area contributed by atoms with Crippen molar-refractivity contribution in [1.82, 2.24) is 5.06 Å². The first-order valence-electron chi connectivity index (χ1n) is 6.33. The molecule has 3 fully saturated rings. The summed E-state index contributed by atoms with van der Waals surface area (Å²) in [4.78, 5) is 5.76. The Hall–Kier alpha value is -0.0800. The molecule has 2 heteroatoms. The summed E-state index contributed by atoms with van der Waals surface area (Å²) >= 11 is 0. The largest absolute Gasteiger partial charge is 0.299 e. The van der Waals surface area contributed by atoms with Crippen LogP contribution in [0.25, 0.3) is 0 Å². The van der Waals surface area contributed by atoms with E-state index in [1.807, 2.05) is 0 Å². The van der Waals surface area contributed by atoms with Gasteiger partial charge in [-0.25, -0.2) is 0 Å². The van der Waals surface area contributed by atoms with Crippen LogP contribution in [-0.2, 0) is 4.84 Å². The van der Waals surface area contributed by atoms with Gasteiger partial charge < -0.3 is 0 Å². The van der Waals surface area contributed by atoms with E-state index in [-0.39, 0.29) is 0 Å². The predicted molar refractivity (Wildman–Crippen MR) is 55.7 cm³/mol. The molecule has 2 heterocycles. The van der Waals surface area contributed by atoms with Gasteiger partial charge in [0.05, 0.1) is 6.61 Å². The molecule has 0 aromatic heterocycles. The van der Waals surface area contributed by atoms with Crippen molar-refractivity contribution in [2.45, 2.75) is 51.0 Å². The van der Waals surface area contributed by atoms with E-state index in [2.05, 4.69) is 5.06 Å². The van der Waals surface area contributed by atoms with Crippen LogP contribution < -0.4 is 0 Å². The van der Waals surface area contributed by atoms with Gasteiger partial charge in [0.1, 0.15) is 0 Å². The Morgan fingerprint density at radius 1 is 0.929 bits per heavy atom. The quantitative estimate of drug-likeness (QED) is 0.589. The van der Waals surface area contributed by atoms with Crippen molar-refractivity contribution < 1.29 is 4.84 Å². The lowest BCUT2D eigenvalue weighted by molar-refractivity contribution is -0.240. The molecular weight excluding hydrogens is 174 g/mol. The number of fused-ring (bicyclic) bond motifs is 2. The first kappa shape index (κ1) is 9.17. The normalized spacial score (nSPS) is 44.1. The number of hydrogen-bond donors (Lipinski definition) is 0. The second kappa shape index (κ2) is 3.82. The Morgan fingerprint density at radius 2 is 1.79 bits per heavy atom. The zero-order valence-electron chi connectivity index (χ0n) is 8.95. The minimum absolute atomic E-state index is 0.767. The van der Waals surface area contributed by atoms with Crippen LogP contribution in [0.4, 0.5) is 0 Å². The maximum Gasteiger partial charge on any atom is 0.0685 e. The van der Waals surface area contributed by atoms with Crippen molar-refractivity contribution in [2.75, 3.05) is 13.2 Å². The molecule has 0 spiro atoms. The summed E-state index contributed by atoms with van der Waals surface area (Å²) < 4.78 is 0. The lowest BCUT2D eigenvalue weighted by Gasteiger charge is -2.47. The number of rotatable bonds is 0. The summed E-state index contributed by atoms with van der Waals surface area (Å²) in [7, 11) is 0. The van der Waals surface area contributed by atoms with E-state index in [1.54, 1.807) is 0 Å². The maximum absolute atomic E-state index is 5.76. The minimum Gasteiger partial charge on any atom is -0.299 e. The van der Waals surface area contributed by atoms with Crippen molar-refractivity contribution in [3.05, 3.63) is 0 Å². The molecule has 1 saturated carbocycles. The second-order valence-electron chi connectivity index (χ2n) is 5.27. The van der Waals surface area contributed by atoms with E-state index in [4.69, 9.17) is 4.84 Å². The highest BCUT2D eigenvalue weighted by Gasteiger charge is 2.38. The minimum atomic E-state index is 0.767. The number of hydroxylamine groups is 2. The molecule has 0 radical (unpaired) electrons. The number of hydrogen-bond acceptors (Lipinski definition) is 2. The topological polar surface area (TPSA) is 12.5 Å². The lowest BCUT2D eigenvalue weighted by atomic mass is 9.73. The summed E-state index contributed by atoms with van der Waals surface area (Å²) in [6.45, 7) is 2.20. The Bertz CT molecular complexity index is 164. The highest BCUT2D eigenvalue weighted by molar-refractivity contribution is 4.87. The Morgan fingerprint density at radius 3 is 2.71 bits per heavy atom. The van der Waals surface area contributed by atoms with Crippen LogP contribution in [0.1, 0.15) is 44.9 Å². The highest BCUT2D eigenvalue weighted by atomic mass is 16.7. The van der Waals surface area contributed by atoms with E-state index in [9.17, 15) is 0 Å². The fourth-order valence-electron chi connectivity index (χ4n) is 3.60. The third-order valence-corrected chi connectivity index (χ3v) is 4.40. The molecule has 0 bridgehead atoms. The van der Waals surface area contributed by atoms with Crippen LogP contribution in [0.2, 0.25) is 0 Å². The van der Waals surface area contributed by atoms with Gasteiger partial charge in [-0.15, -0.1) is 0 Å². The van der Waals surface area contributed by atoms with Gasteiger partial charge in [-0.05, 0) is 37.5 Å². The molecule has 3 atom stereocenters. The smallest absolute Gasteiger partial charge is 0.0685 e. The van der Waals surface area contributed by atoms with E-state index < -0.39 is 0 Å². The van der Waals surface area contributed by atoms with Gasteiger partial charge >= 0.3 is 0 Å². The Balaban J connectivity index is 1.68. The molecule has 3 unspecified atom stereocenters. The van der Waals surface area contributed by atoms with Crippen LogP contribution in [0.3, 0.4) is 0 Å². The van der Waals surface area contributed by atoms with Gasteiger partial charge in [-0.1, -0.05) is 19.3 Å². The molecule has 0 aromatic rings. The molecule has 80 valence electrons. The average molecular weight is 195 g/mol. The van der Waals surface area contributed by atoms with Crippen molar-refractivity contribution >= 4 is 0 Å². The molecule has 2 aliphatic heterocycles. The van der Waals surface area contributed by atoms with Crippen molar-refractivity contribution in [3.63, 3.8) is 0 Å². The third kappa shape index (κ3) is 1.59. The molecule has 0 aromatic carbocycles. The van der Waals surface area contributed by atoms with Crippen LogP contribution in [0.5, 0.6) is 0 Å². The maximum atomic E-state index is 5.76. The zero-order chi connectivity index (χ0) is 9.38. The summed E-state index contributed by atoms with van der Waals surface area (Å²) in [5, 5.41) is 2.32. The van der Waals surface area contributed by atoms with Crippen LogP contribution >= 0.6 is 0 Å². The standard InChI is InChI=1S/C12H21NO/c1-2-5-11-9-13-12(6-3-7-14-13)8-10(11)4-1/h10-12H,1-9H2. The van der Waals surface area contributed by atoms with Crippen molar-refractivity contribution in [1.29, 1.82) is 0 Å². The van der Waals surface area contributed by atoms with Crippen molar-refractivity contribution in [2.24, 2.45) is 11.8 Å². The van der Waals surface area contributed by atoms with Crippen molar-refractivity contribution in [3.8, 4) is 0 Å². The molecule has 0 amide bonds. The lowest BCUT2D eigenvalue weighted by Crippen LogP contribution is -2.50. The van der Waals surface area contributed by atoms with E-state index in [0.717, 1.165) is 24.5 Å². The van der Waals surface area contributed by atoms with Crippen LogP contribution in [0, 0.1) is 11.8 Å². The van der Waals surface area contributed by atoms with E-state index in [1.165, 1.54) is 51.5 Å². The van der Waals surface area contributed by atoms with Gasteiger partial charge in [0, 0.05) is 12.6 Å².